The Labute approximate surface area is 233 Å². The van der Waals surface area contributed by atoms with Crippen molar-refractivity contribution in [1.29, 1.82) is 0 Å². The molecule has 2 aromatic carbocycles. The van der Waals surface area contributed by atoms with E-state index in [1.807, 2.05) is 74.5 Å². The van der Waals surface area contributed by atoms with Crippen LogP contribution in [-0.4, -0.2) is 71.0 Å². The van der Waals surface area contributed by atoms with Crippen LogP contribution in [0.1, 0.15) is 42.7 Å². The zero-order valence-electron chi connectivity index (χ0n) is 22.9. The van der Waals surface area contributed by atoms with Gasteiger partial charge in [0.05, 0.1) is 24.3 Å². The van der Waals surface area contributed by atoms with E-state index in [0.717, 1.165) is 10.9 Å². The molecular formula is C29H35BN4O6. The summed E-state index contributed by atoms with van der Waals surface area (Å²) in [5.41, 5.74) is 0.0631. The van der Waals surface area contributed by atoms with E-state index in [4.69, 9.17) is 9.57 Å². The maximum Gasteiger partial charge on any atom is 0.475 e. The number of carbonyl (C=O) groups is 2. The summed E-state index contributed by atoms with van der Waals surface area (Å²) in [6.45, 7) is 3.95. The molecule has 1 aliphatic rings. The van der Waals surface area contributed by atoms with Crippen LogP contribution in [-0.2, 0) is 20.8 Å². The van der Waals surface area contributed by atoms with Gasteiger partial charge in [0.15, 0.2) is 0 Å². The zero-order chi connectivity index (χ0) is 28.7. The van der Waals surface area contributed by atoms with Gasteiger partial charge in [-0.1, -0.05) is 73.6 Å². The molecule has 3 atom stereocenters. The highest BCUT2D eigenvalue weighted by Crippen LogP contribution is 2.31. The van der Waals surface area contributed by atoms with Gasteiger partial charge in [-0.3, -0.25) is 14.6 Å². The maximum atomic E-state index is 13.7. The molecule has 0 radical (unpaired) electrons. The summed E-state index contributed by atoms with van der Waals surface area (Å²) in [6.07, 6.45) is 2.18. The number of nitrogens with one attached hydrogen (secondary N) is 2. The minimum Gasteiger partial charge on any atom is -0.426 e. The molecule has 1 aromatic heterocycles. The Kier molecular flexibility index (Phi) is 9.52. The number of hydrogen-bond acceptors (Lipinski definition) is 8. The highest BCUT2D eigenvalue weighted by molar-refractivity contribution is 6.43. The number of pyridine rings is 1. The highest BCUT2D eigenvalue weighted by Gasteiger charge is 2.49. The lowest BCUT2D eigenvalue weighted by Gasteiger charge is -2.29. The number of benzene rings is 2. The van der Waals surface area contributed by atoms with Crippen molar-refractivity contribution in [2.24, 2.45) is 11.1 Å². The Bertz CT molecular complexity index is 1350. The van der Waals surface area contributed by atoms with E-state index in [-0.39, 0.29) is 31.1 Å². The van der Waals surface area contributed by atoms with E-state index in [9.17, 15) is 19.6 Å². The molecule has 3 aromatic rings. The van der Waals surface area contributed by atoms with Gasteiger partial charge >= 0.3 is 7.12 Å². The van der Waals surface area contributed by atoms with Crippen LogP contribution in [0.15, 0.2) is 72.0 Å². The summed E-state index contributed by atoms with van der Waals surface area (Å²) in [4.78, 5) is 37.3. The van der Waals surface area contributed by atoms with Crippen molar-refractivity contribution >= 4 is 35.4 Å². The number of ether oxygens (including phenoxy) is 1. The number of oxime groups is 1. The molecule has 1 aliphatic heterocycles. The number of rotatable bonds is 12. The molecule has 10 nitrogen and oxygen atoms in total. The fourth-order valence-corrected chi connectivity index (χ4v) is 4.89. The van der Waals surface area contributed by atoms with Crippen LogP contribution in [0.25, 0.3) is 10.8 Å². The van der Waals surface area contributed by atoms with Gasteiger partial charge in [-0.15, -0.1) is 0 Å². The Morgan fingerprint density at radius 3 is 2.50 bits per heavy atom. The van der Waals surface area contributed by atoms with E-state index in [2.05, 4.69) is 20.8 Å². The smallest absolute Gasteiger partial charge is 0.426 e. The summed E-state index contributed by atoms with van der Waals surface area (Å²) in [6, 6.07) is 18.0. The average molecular weight is 546 g/mol. The molecule has 4 N–H and O–H groups in total. The Morgan fingerprint density at radius 2 is 1.80 bits per heavy atom. The minimum absolute atomic E-state index is 0.0565. The Balaban J connectivity index is 1.58. The van der Waals surface area contributed by atoms with Crippen molar-refractivity contribution in [2.45, 2.75) is 50.7 Å². The first-order valence-electron chi connectivity index (χ1n) is 13.3. The first-order valence-corrected chi connectivity index (χ1v) is 13.3. The molecule has 0 aliphatic carbocycles. The largest absolute Gasteiger partial charge is 0.475 e. The third-order valence-electron chi connectivity index (χ3n) is 6.88. The minimum atomic E-state index is -1.74. The lowest BCUT2D eigenvalue weighted by Crippen LogP contribution is -2.56. The van der Waals surface area contributed by atoms with Gasteiger partial charge < -0.3 is 30.3 Å². The average Bonchev–Trinajstić information content (AvgIpc) is 3.37. The fourth-order valence-electron chi connectivity index (χ4n) is 4.89. The molecule has 0 saturated heterocycles. The van der Waals surface area contributed by atoms with Gasteiger partial charge in [-0.25, -0.2) is 0 Å². The van der Waals surface area contributed by atoms with Gasteiger partial charge in [0, 0.05) is 31.5 Å². The van der Waals surface area contributed by atoms with Crippen LogP contribution in [0.4, 0.5) is 0 Å². The van der Waals surface area contributed by atoms with Crippen LogP contribution in [0, 0.1) is 5.92 Å². The van der Waals surface area contributed by atoms with Crippen molar-refractivity contribution in [2.75, 3.05) is 13.7 Å². The van der Waals surface area contributed by atoms with Gasteiger partial charge in [0.2, 0.25) is 5.60 Å². The molecule has 40 heavy (non-hydrogen) atoms. The molecule has 1 unspecified atom stereocenters. The molecule has 0 saturated carbocycles. The predicted molar refractivity (Wildman–Crippen MR) is 152 cm³/mol. The summed E-state index contributed by atoms with van der Waals surface area (Å²) in [5, 5.41) is 31.4. The second-order valence-electron chi connectivity index (χ2n) is 10.5. The molecule has 0 bridgehead atoms. The van der Waals surface area contributed by atoms with E-state index >= 15 is 0 Å². The standard InChI is InChI=1S/C29H35BN4O6/c1-19(2)15-25(30(37)38)33-28(36)29(16-20-9-5-4-6-10-20)17-23(34-40-29)24(18-39-3)32-27(35)26-22-12-8-7-11-21(22)13-14-31-26/h4-14,19,24-25,37-38H,15-18H2,1-3H3,(H,32,35)(H,33,36)/t24-,25-,29?/m0/s1. The number of fused-ring (bicyclic) bond motifs is 1. The van der Waals surface area contributed by atoms with Crippen molar-refractivity contribution in [3.05, 3.63) is 78.1 Å². The summed E-state index contributed by atoms with van der Waals surface area (Å²) in [7, 11) is -0.231. The van der Waals surface area contributed by atoms with Crippen molar-refractivity contribution in [3.63, 3.8) is 0 Å². The van der Waals surface area contributed by atoms with Crippen LogP contribution in [0.5, 0.6) is 0 Å². The molecule has 0 spiro atoms. The van der Waals surface area contributed by atoms with Gasteiger partial charge in [0.25, 0.3) is 11.8 Å². The highest BCUT2D eigenvalue weighted by atomic mass is 16.7. The van der Waals surface area contributed by atoms with Crippen molar-refractivity contribution in [1.82, 2.24) is 15.6 Å². The number of carbonyl (C=O) groups excluding carboxylic acids is 2. The lowest BCUT2D eigenvalue weighted by molar-refractivity contribution is -0.144. The molecule has 4 rings (SSSR count). The molecule has 11 heteroatoms. The van der Waals surface area contributed by atoms with Crippen molar-refractivity contribution in [3.8, 4) is 0 Å². The monoisotopic (exact) mass is 546 g/mol. The van der Waals surface area contributed by atoms with E-state index in [1.165, 1.54) is 7.11 Å². The van der Waals surface area contributed by atoms with E-state index in [1.54, 1.807) is 6.20 Å². The topological polar surface area (TPSA) is 142 Å². The van der Waals surface area contributed by atoms with Gasteiger partial charge in [0.1, 0.15) is 5.69 Å². The number of aromatic nitrogens is 1. The summed E-state index contributed by atoms with van der Waals surface area (Å²) >= 11 is 0. The normalized spacial score (nSPS) is 18.1. The number of methoxy groups -OCH3 is 1. The van der Waals surface area contributed by atoms with Crippen LogP contribution in [0.2, 0.25) is 0 Å². The maximum absolute atomic E-state index is 13.7. The number of amides is 2. The van der Waals surface area contributed by atoms with Gasteiger partial charge in [-0.2, -0.15) is 0 Å². The predicted octanol–water partition coefficient (Wildman–Crippen LogP) is 2.28. The SMILES string of the molecule is COC[C@H](NC(=O)c1nccc2ccccc12)C1=NOC(Cc2ccccc2)(C(=O)N[C@@H](CC(C)C)B(O)O)C1. The second kappa shape index (κ2) is 13.0. The van der Waals surface area contributed by atoms with Crippen LogP contribution >= 0.6 is 0 Å². The first-order chi connectivity index (χ1) is 19.2. The first kappa shape index (κ1) is 29.2. The zero-order valence-corrected chi connectivity index (χ0v) is 22.9. The molecule has 0 fully saturated rings. The molecule has 2 heterocycles. The molecule has 210 valence electrons. The van der Waals surface area contributed by atoms with E-state index in [0.29, 0.717) is 17.5 Å². The van der Waals surface area contributed by atoms with Crippen LogP contribution in [0.3, 0.4) is 0 Å². The second-order valence-corrected chi connectivity index (χ2v) is 10.5. The Morgan fingerprint density at radius 1 is 1.07 bits per heavy atom. The molecular weight excluding hydrogens is 511 g/mol. The lowest BCUT2D eigenvalue weighted by atomic mass is 9.74. The van der Waals surface area contributed by atoms with Gasteiger partial charge in [-0.05, 0) is 29.4 Å². The number of hydrogen-bond donors (Lipinski definition) is 4. The summed E-state index contributed by atoms with van der Waals surface area (Å²) in [5.74, 6) is -1.71. The quantitative estimate of drug-likeness (QED) is 0.255. The summed E-state index contributed by atoms with van der Waals surface area (Å²) < 4.78 is 5.39. The van der Waals surface area contributed by atoms with E-state index < -0.39 is 36.5 Å². The van der Waals surface area contributed by atoms with Crippen LogP contribution < -0.4 is 10.6 Å². The number of nitrogens with zero attached hydrogens (tertiary/aromatic N) is 2. The molecule has 2 amide bonds. The van der Waals surface area contributed by atoms with Crippen molar-refractivity contribution < 1.29 is 29.2 Å². The fraction of sp³-hybridized carbons (Fsp3) is 0.379. The third-order valence-corrected chi connectivity index (χ3v) is 6.88. The Hall–Kier alpha value is -3.80. The third kappa shape index (κ3) is 6.85.